The fourth-order valence-electron chi connectivity index (χ4n) is 1.64. The summed E-state index contributed by atoms with van der Waals surface area (Å²) in [6, 6.07) is 0.220. The van der Waals surface area contributed by atoms with Crippen LogP contribution in [-0.4, -0.2) is 25.7 Å². The first-order chi connectivity index (χ1) is 5.33. The molecule has 1 aliphatic rings. The lowest BCUT2D eigenvalue weighted by molar-refractivity contribution is 0.332. The van der Waals surface area contributed by atoms with Gasteiger partial charge in [0.1, 0.15) is 0 Å². The second-order valence-electron chi connectivity index (χ2n) is 3.42. The minimum absolute atomic E-state index is 0.220. The molecule has 0 aliphatic carbocycles. The summed E-state index contributed by atoms with van der Waals surface area (Å²) in [4.78, 5) is 0. The highest BCUT2D eigenvalue weighted by atomic mass is 14.9. The molecular formula is C8H19N3. The Bertz CT molecular complexity index is 99.5. The number of piperidine rings is 1. The molecule has 0 amide bonds. The average Bonchev–Trinajstić information content (AvgIpc) is 2.06. The first-order valence-corrected chi connectivity index (χ1v) is 4.49. The van der Waals surface area contributed by atoms with Crippen molar-refractivity contribution in [1.29, 1.82) is 0 Å². The predicted octanol–water partition coefficient (Wildman–Crippen LogP) is -0.338. The predicted molar refractivity (Wildman–Crippen MR) is 47.2 cm³/mol. The molecule has 11 heavy (non-hydrogen) atoms. The normalized spacial score (nSPS) is 23.5. The van der Waals surface area contributed by atoms with Crippen molar-refractivity contribution in [2.75, 3.05) is 19.6 Å². The van der Waals surface area contributed by atoms with E-state index in [1.807, 2.05) is 0 Å². The van der Waals surface area contributed by atoms with Crippen molar-refractivity contribution in [3.63, 3.8) is 0 Å². The van der Waals surface area contributed by atoms with Crippen LogP contribution >= 0.6 is 0 Å². The third kappa shape index (κ3) is 3.18. The zero-order valence-corrected chi connectivity index (χ0v) is 7.05. The van der Waals surface area contributed by atoms with Gasteiger partial charge in [0.05, 0.1) is 0 Å². The van der Waals surface area contributed by atoms with Gasteiger partial charge in [0.15, 0.2) is 0 Å². The molecule has 1 rings (SSSR count). The lowest BCUT2D eigenvalue weighted by Crippen LogP contribution is -2.35. The summed E-state index contributed by atoms with van der Waals surface area (Å²) < 4.78 is 0. The Morgan fingerprint density at radius 2 is 2.00 bits per heavy atom. The Kier molecular flexibility index (Phi) is 3.83. The molecule has 1 heterocycles. The largest absolute Gasteiger partial charge is 0.329 e. The van der Waals surface area contributed by atoms with E-state index < -0.39 is 0 Å². The van der Waals surface area contributed by atoms with E-state index in [0.717, 1.165) is 25.4 Å². The number of hydrogen-bond acceptors (Lipinski definition) is 3. The zero-order chi connectivity index (χ0) is 8.10. The third-order valence-corrected chi connectivity index (χ3v) is 2.40. The van der Waals surface area contributed by atoms with E-state index in [-0.39, 0.29) is 6.04 Å². The molecular weight excluding hydrogens is 138 g/mol. The van der Waals surface area contributed by atoms with Gasteiger partial charge < -0.3 is 16.8 Å². The van der Waals surface area contributed by atoms with Gasteiger partial charge in [-0.05, 0) is 38.3 Å². The minimum Gasteiger partial charge on any atom is -0.329 e. The van der Waals surface area contributed by atoms with E-state index in [1.165, 1.54) is 12.8 Å². The van der Waals surface area contributed by atoms with E-state index in [0.29, 0.717) is 6.54 Å². The maximum Gasteiger partial charge on any atom is 0.0165 e. The van der Waals surface area contributed by atoms with Crippen LogP contribution in [0.3, 0.4) is 0 Å². The maximum atomic E-state index is 5.76. The molecule has 0 radical (unpaired) electrons. The third-order valence-electron chi connectivity index (χ3n) is 2.40. The summed E-state index contributed by atoms with van der Waals surface area (Å²) in [5, 5.41) is 3.33. The van der Waals surface area contributed by atoms with Gasteiger partial charge >= 0.3 is 0 Å². The van der Waals surface area contributed by atoms with E-state index in [2.05, 4.69) is 5.32 Å². The van der Waals surface area contributed by atoms with Gasteiger partial charge in [-0.1, -0.05) is 0 Å². The van der Waals surface area contributed by atoms with Gasteiger partial charge in [-0.2, -0.15) is 0 Å². The van der Waals surface area contributed by atoms with Crippen LogP contribution in [0.5, 0.6) is 0 Å². The zero-order valence-electron chi connectivity index (χ0n) is 7.05. The lowest BCUT2D eigenvalue weighted by atomic mass is 9.91. The second kappa shape index (κ2) is 4.70. The van der Waals surface area contributed by atoms with Crippen molar-refractivity contribution in [2.45, 2.75) is 25.3 Å². The second-order valence-corrected chi connectivity index (χ2v) is 3.42. The van der Waals surface area contributed by atoms with Crippen LogP contribution in [0.2, 0.25) is 0 Å². The van der Waals surface area contributed by atoms with Gasteiger partial charge in [-0.3, -0.25) is 0 Å². The Labute approximate surface area is 68.5 Å². The summed E-state index contributed by atoms with van der Waals surface area (Å²) in [6.45, 7) is 2.94. The highest BCUT2D eigenvalue weighted by Crippen LogP contribution is 2.16. The molecule has 0 aromatic carbocycles. The SMILES string of the molecule is NCC(N)CC1CCNCC1. The Balaban J connectivity index is 2.13. The number of hydrogen-bond donors (Lipinski definition) is 3. The van der Waals surface area contributed by atoms with Crippen LogP contribution in [0, 0.1) is 5.92 Å². The van der Waals surface area contributed by atoms with Gasteiger partial charge in [0, 0.05) is 12.6 Å². The van der Waals surface area contributed by atoms with Crippen LogP contribution in [0.1, 0.15) is 19.3 Å². The van der Waals surface area contributed by atoms with Crippen molar-refractivity contribution >= 4 is 0 Å². The molecule has 3 nitrogen and oxygen atoms in total. The molecule has 0 aromatic heterocycles. The summed E-state index contributed by atoms with van der Waals surface area (Å²) >= 11 is 0. The first kappa shape index (κ1) is 8.97. The van der Waals surface area contributed by atoms with Gasteiger partial charge in [0.25, 0.3) is 0 Å². The van der Waals surface area contributed by atoms with Crippen LogP contribution in [0.25, 0.3) is 0 Å². The van der Waals surface area contributed by atoms with E-state index >= 15 is 0 Å². The van der Waals surface area contributed by atoms with Gasteiger partial charge in [-0.15, -0.1) is 0 Å². The number of rotatable bonds is 3. The topological polar surface area (TPSA) is 64.1 Å². The highest BCUT2D eigenvalue weighted by molar-refractivity contribution is 4.73. The molecule has 1 unspecified atom stereocenters. The Hall–Kier alpha value is -0.120. The summed E-state index contributed by atoms with van der Waals surface area (Å²) in [6.07, 6.45) is 3.65. The number of nitrogens with two attached hydrogens (primary N) is 2. The Morgan fingerprint density at radius 1 is 1.36 bits per heavy atom. The molecule has 1 atom stereocenters. The molecule has 1 saturated heterocycles. The first-order valence-electron chi connectivity index (χ1n) is 4.49. The van der Waals surface area contributed by atoms with E-state index in [4.69, 9.17) is 11.5 Å². The molecule has 0 bridgehead atoms. The Morgan fingerprint density at radius 3 is 2.55 bits per heavy atom. The molecule has 3 heteroatoms. The lowest BCUT2D eigenvalue weighted by Gasteiger charge is -2.24. The highest BCUT2D eigenvalue weighted by Gasteiger charge is 2.15. The maximum absolute atomic E-state index is 5.76. The van der Waals surface area contributed by atoms with Gasteiger partial charge in [0.2, 0.25) is 0 Å². The van der Waals surface area contributed by atoms with Crippen LogP contribution in [-0.2, 0) is 0 Å². The van der Waals surface area contributed by atoms with Crippen molar-refractivity contribution in [3.05, 3.63) is 0 Å². The minimum atomic E-state index is 0.220. The fraction of sp³-hybridized carbons (Fsp3) is 1.00. The molecule has 1 aliphatic heterocycles. The van der Waals surface area contributed by atoms with Crippen LogP contribution in [0.4, 0.5) is 0 Å². The fourth-order valence-corrected chi connectivity index (χ4v) is 1.64. The monoisotopic (exact) mass is 157 g/mol. The molecule has 1 fully saturated rings. The molecule has 0 aromatic rings. The molecule has 0 saturated carbocycles. The number of nitrogens with one attached hydrogen (secondary N) is 1. The standard InChI is InChI=1S/C8H19N3/c9-6-8(10)5-7-1-3-11-4-2-7/h7-8,11H,1-6,9-10H2. The van der Waals surface area contributed by atoms with Crippen molar-refractivity contribution in [3.8, 4) is 0 Å². The molecule has 5 N–H and O–H groups in total. The van der Waals surface area contributed by atoms with E-state index in [9.17, 15) is 0 Å². The summed E-state index contributed by atoms with van der Waals surface area (Å²) in [5.41, 5.74) is 11.2. The van der Waals surface area contributed by atoms with Crippen LogP contribution in [0.15, 0.2) is 0 Å². The summed E-state index contributed by atoms with van der Waals surface area (Å²) in [7, 11) is 0. The average molecular weight is 157 g/mol. The van der Waals surface area contributed by atoms with Crippen molar-refractivity contribution in [1.82, 2.24) is 5.32 Å². The summed E-state index contributed by atoms with van der Waals surface area (Å²) in [5.74, 6) is 0.815. The molecule has 66 valence electrons. The van der Waals surface area contributed by atoms with Gasteiger partial charge in [-0.25, -0.2) is 0 Å². The van der Waals surface area contributed by atoms with E-state index in [1.54, 1.807) is 0 Å². The van der Waals surface area contributed by atoms with Crippen molar-refractivity contribution < 1.29 is 0 Å². The smallest absolute Gasteiger partial charge is 0.0165 e. The quantitative estimate of drug-likeness (QED) is 0.525. The molecule has 0 spiro atoms. The van der Waals surface area contributed by atoms with Crippen LogP contribution < -0.4 is 16.8 Å². The van der Waals surface area contributed by atoms with Crippen molar-refractivity contribution in [2.24, 2.45) is 17.4 Å².